The number of aromatic nitrogens is 1. The largest absolute Gasteiger partial charge is 0.465 e. The molecule has 33 heavy (non-hydrogen) atoms. The molecule has 0 saturated carbocycles. The summed E-state index contributed by atoms with van der Waals surface area (Å²) >= 11 is 1.28. The second kappa shape index (κ2) is 8.48. The summed E-state index contributed by atoms with van der Waals surface area (Å²) in [7, 11) is 0. The lowest BCUT2D eigenvalue weighted by molar-refractivity contribution is -0.143. The van der Waals surface area contributed by atoms with E-state index in [0.717, 1.165) is 21.0 Å². The number of esters is 1. The lowest BCUT2D eigenvalue weighted by Gasteiger charge is -2.06. The van der Waals surface area contributed by atoms with Gasteiger partial charge >= 0.3 is 11.6 Å². The molecule has 0 unspecified atom stereocenters. The van der Waals surface area contributed by atoms with Crippen LogP contribution in [0.5, 0.6) is 0 Å². The molecule has 0 atom stereocenters. The number of thiazole rings is 1. The number of benzene rings is 3. The Morgan fingerprint density at radius 3 is 2.61 bits per heavy atom. The van der Waals surface area contributed by atoms with Gasteiger partial charge in [-0.05, 0) is 30.5 Å². The highest BCUT2D eigenvalue weighted by Crippen LogP contribution is 2.27. The Bertz CT molecular complexity index is 1680. The quantitative estimate of drug-likeness (QED) is 0.296. The van der Waals surface area contributed by atoms with E-state index in [2.05, 4.69) is 4.99 Å². The van der Waals surface area contributed by atoms with Gasteiger partial charge in [0.2, 0.25) is 0 Å². The first-order valence-electron chi connectivity index (χ1n) is 10.3. The first-order valence-corrected chi connectivity index (χ1v) is 11.2. The van der Waals surface area contributed by atoms with Crippen LogP contribution in [0.3, 0.4) is 0 Å². The van der Waals surface area contributed by atoms with Crippen molar-refractivity contribution in [2.24, 2.45) is 4.99 Å². The zero-order chi connectivity index (χ0) is 22.9. The Balaban J connectivity index is 1.71. The number of amides is 1. The van der Waals surface area contributed by atoms with E-state index in [1.807, 2.05) is 36.4 Å². The van der Waals surface area contributed by atoms with Crippen LogP contribution in [0.2, 0.25) is 0 Å². The van der Waals surface area contributed by atoms with E-state index < -0.39 is 17.5 Å². The maximum Gasteiger partial charge on any atom is 0.349 e. The summed E-state index contributed by atoms with van der Waals surface area (Å²) in [5.74, 6) is -1.17. The zero-order valence-corrected chi connectivity index (χ0v) is 18.4. The van der Waals surface area contributed by atoms with Crippen molar-refractivity contribution in [3.05, 3.63) is 87.5 Å². The third-order valence-corrected chi connectivity index (χ3v) is 6.36. The number of hydrogen-bond acceptors (Lipinski definition) is 6. The van der Waals surface area contributed by atoms with E-state index in [1.54, 1.807) is 35.8 Å². The summed E-state index contributed by atoms with van der Waals surface area (Å²) in [5, 5.41) is 2.64. The SMILES string of the molecule is CCOC(=O)Cn1c(=NC(=O)c2cc3ccccc3oc2=O)sc2c3ccccc3ccc21. The smallest absolute Gasteiger partial charge is 0.349 e. The molecule has 2 aromatic heterocycles. The highest BCUT2D eigenvalue weighted by atomic mass is 32.1. The number of carbonyl (C=O) groups excluding carboxylic acids is 2. The molecule has 8 heteroatoms. The van der Waals surface area contributed by atoms with Gasteiger partial charge in [0.1, 0.15) is 17.7 Å². The fourth-order valence-corrected chi connectivity index (χ4v) is 4.89. The van der Waals surface area contributed by atoms with Gasteiger partial charge in [-0.25, -0.2) is 4.79 Å². The number of para-hydroxylation sites is 1. The highest BCUT2D eigenvalue weighted by molar-refractivity contribution is 7.17. The van der Waals surface area contributed by atoms with Crippen LogP contribution in [0.15, 0.2) is 80.9 Å². The van der Waals surface area contributed by atoms with Crippen LogP contribution in [-0.2, 0) is 16.1 Å². The molecule has 0 radical (unpaired) electrons. The fourth-order valence-electron chi connectivity index (χ4n) is 3.73. The van der Waals surface area contributed by atoms with E-state index >= 15 is 0 Å². The summed E-state index contributed by atoms with van der Waals surface area (Å²) in [6.07, 6.45) is 0. The summed E-state index contributed by atoms with van der Waals surface area (Å²) in [6, 6.07) is 20.1. The Hall–Kier alpha value is -4.04. The van der Waals surface area contributed by atoms with Crippen LogP contribution in [0, 0.1) is 0 Å². The van der Waals surface area contributed by atoms with Crippen LogP contribution >= 0.6 is 11.3 Å². The standard InChI is InChI=1S/C25H18N2O5S/c1-2-31-21(28)14-27-19-12-11-15-7-3-5-9-17(15)22(19)33-25(27)26-23(29)18-13-16-8-4-6-10-20(16)32-24(18)30/h3-13H,2,14H2,1H3. The molecule has 0 aliphatic rings. The molecule has 3 aromatic carbocycles. The molecular formula is C25H18N2O5S. The topological polar surface area (TPSA) is 90.9 Å². The van der Waals surface area contributed by atoms with Gasteiger partial charge in [-0.15, -0.1) is 0 Å². The van der Waals surface area contributed by atoms with Crippen LogP contribution in [0.25, 0.3) is 32.0 Å². The van der Waals surface area contributed by atoms with Gasteiger partial charge in [0, 0.05) is 10.8 Å². The molecule has 0 aliphatic carbocycles. The molecule has 0 fully saturated rings. The van der Waals surface area contributed by atoms with Crippen molar-refractivity contribution in [1.29, 1.82) is 0 Å². The van der Waals surface area contributed by atoms with Crippen LogP contribution in [-0.4, -0.2) is 23.1 Å². The van der Waals surface area contributed by atoms with E-state index in [-0.39, 0.29) is 18.7 Å². The van der Waals surface area contributed by atoms with Gasteiger partial charge in [-0.3, -0.25) is 9.59 Å². The Morgan fingerprint density at radius 2 is 1.79 bits per heavy atom. The maximum absolute atomic E-state index is 13.0. The first-order chi connectivity index (χ1) is 16.0. The maximum atomic E-state index is 13.0. The predicted octanol–water partition coefficient (Wildman–Crippen LogP) is 4.27. The van der Waals surface area contributed by atoms with Crippen molar-refractivity contribution < 1.29 is 18.7 Å². The second-order valence-electron chi connectivity index (χ2n) is 7.31. The number of nitrogens with zero attached hydrogens (tertiary/aromatic N) is 2. The lowest BCUT2D eigenvalue weighted by Crippen LogP contribution is -2.24. The third kappa shape index (κ3) is 3.85. The van der Waals surface area contributed by atoms with Crippen molar-refractivity contribution >= 4 is 55.2 Å². The highest BCUT2D eigenvalue weighted by Gasteiger charge is 2.17. The van der Waals surface area contributed by atoms with E-state index in [0.29, 0.717) is 15.8 Å². The number of fused-ring (bicyclic) bond motifs is 4. The first kappa shape index (κ1) is 20.8. The van der Waals surface area contributed by atoms with Crippen molar-refractivity contribution in [2.75, 3.05) is 6.61 Å². The molecular weight excluding hydrogens is 440 g/mol. The van der Waals surface area contributed by atoms with Gasteiger partial charge in [0.05, 0.1) is 16.8 Å². The van der Waals surface area contributed by atoms with Crippen molar-refractivity contribution in [2.45, 2.75) is 13.5 Å². The van der Waals surface area contributed by atoms with Crippen LogP contribution < -0.4 is 10.4 Å². The van der Waals surface area contributed by atoms with Gasteiger partial charge in [0.25, 0.3) is 5.91 Å². The average molecular weight is 458 g/mol. The molecule has 7 nitrogen and oxygen atoms in total. The summed E-state index contributed by atoms with van der Waals surface area (Å²) in [6.45, 7) is 1.87. The van der Waals surface area contributed by atoms with E-state index in [4.69, 9.17) is 9.15 Å². The van der Waals surface area contributed by atoms with E-state index in [1.165, 1.54) is 17.4 Å². The monoisotopic (exact) mass is 458 g/mol. The Kier molecular flexibility index (Phi) is 5.35. The molecule has 5 rings (SSSR count). The fraction of sp³-hybridized carbons (Fsp3) is 0.120. The number of ether oxygens (including phenoxy) is 1. The molecule has 5 aromatic rings. The molecule has 164 valence electrons. The molecule has 0 spiro atoms. The van der Waals surface area contributed by atoms with Crippen LogP contribution in [0.1, 0.15) is 17.3 Å². The molecule has 1 amide bonds. The van der Waals surface area contributed by atoms with E-state index in [9.17, 15) is 14.4 Å². The van der Waals surface area contributed by atoms with Gasteiger partial charge in [0.15, 0.2) is 4.80 Å². The summed E-state index contributed by atoms with van der Waals surface area (Å²) < 4.78 is 12.9. The van der Waals surface area contributed by atoms with Crippen molar-refractivity contribution in [3.8, 4) is 0 Å². The molecule has 0 saturated heterocycles. The summed E-state index contributed by atoms with van der Waals surface area (Å²) in [5.41, 5.74) is 0.221. The summed E-state index contributed by atoms with van der Waals surface area (Å²) in [4.78, 5) is 42.3. The molecule has 0 aliphatic heterocycles. The molecule has 2 heterocycles. The Labute approximate surface area is 191 Å². The van der Waals surface area contributed by atoms with Gasteiger partial charge < -0.3 is 13.7 Å². The number of hydrogen-bond donors (Lipinski definition) is 0. The predicted molar refractivity (Wildman–Crippen MR) is 126 cm³/mol. The lowest BCUT2D eigenvalue weighted by atomic mass is 10.1. The second-order valence-corrected chi connectivity index (χ2v) is 8.29. The van der Waals surface area contributed by atoms with Gasteiger partial charge in [-0.1, -0.05) is 59.9 Å². The minimum absolute atomic E-state index is 0.107. The normalized spacial score (nSPS) is 12.0. The molecule has 0 N–H and O–H groups in total. The average Bonchev–Trinajstić information content (AvgIpc) is 3.15. The Morgan fingerprint density at radius 1 is 1.03 bits per heavy atom. The van der Waals surface area contributed by atoms with Crippen LogP contribution in [0.4, 0.5) is 0 Å². The number of carbonyl (C=O) groups is 2. The van der Waals surface area contributed by atoms with Crippen molar-refractivity contribution in [3.63, 3.8) is 0 Å². The zero-order valence-electron chi connectivity index (χ0n) is 17.6. The number of rotatable bonds is 4. The minimum atomic E-state index is -0.758. The minimum Gasteiger partial charge on any atom is -0.465 e. The molecule has 0 bridgehead atoms. The van der Waals surface area contributed by atoms with Crippen molar-refractivity contribution in [1.82, 2.24) is 4.57 Å². The third-order valence-electron chi connectivity index (χ3n) is 5.24. The van der Waals surface area contributed by atoms with Gasteiger partial charge in [-0.2, -0.15) is 4.99 Å².